The molecule has 134 valence electrons. The van der Waals surface area contributed by atoms with Crippen molar-refractivity contribution in [3.05, 3.63) is 0 Å². The number of carbonyl (C=O) groups is 3. The highest BCUT2D eigenvalue weighted by Gasteiger charge is 2.19. The van der Waals surface area contributed by atoms with Crippen LogP contribution < -0.4 is 16.4 Å². The van der Waals surface area contributed by atoms with Crippen LogP contribution in [0, 0.1) is 0 Å². The minimum absolute atomic E-state index is 0.116. The molecular formula is C14H27N3O6. The molecule has 7 N–H and O–H groups in total. The van der Waals surface area contributed by atoms with E-state index in [9.17, 15) is 14.4 Å². The molecule has 1 amide bonds. The molecule has 0 aliphatic carbocycles. The number of hydrogen-bond donors (Lipinski definition) is 6. The number of nitrogens with two attached hydrogens (primary N) is 1. The predicted octanol–water partition coefficient (Wildman–Crippen LogP) is -0.415. The van der Waals surface area contributed by atoms with Crippen molar-refractivity contribution < 1.29 is 29.7 Å². The van der Waals surface area contributed by atoms with E-state index in [1.807, 2.05) is 0 Å². The third kappa shape index (κ3) is 13.7. The number of aliphatic hydroxyl groups excluding tert-OH is 1. The van der Waals surface area contributed by atoms with Gasteiger partial charge in [0.1, 0.15) is 6.04 Å². The van der Waals surface area contributed by atoms with Crippen LogP contribution in [0.15, 0.2) is 0 Å². The van der Waals surface area contributed by atoms with E-state index in [1.54, 1.807) is 0 Å². The summed E-state index contributed by atoms with van der Waals surface area (Å²) < 4.78 is 0. The Morgan fingerprint density at radius 1 is 0.957 bits per heavy atom. The Balaban J connectivity index is 3.78. The van der Waals surface area contributed by atoms with Crippen LogP contribution in [-0.2, 0) is 14.4 Å². The zero-order chi connectivity index (χ0) is 17.7. The molecule has 0 saturated heterocycles. The van der Waals surface area contributed by atoms with E-state index in [0.29, 0.717) is 12.8 Å². The zero-order valence-corrected chi connectivity index (χ0v) is 13.2. The Morgan fingerprint density at radius 3 is 2.04 bits per heavy atom. The third-order valence-electron chi connectivity index (χ3n) is 3.21. The topological polar surface area (TPSA) is 162 Å². The molecule has 0 aromatic carbocycles. The molecular weight excluding hydrogens is 306 g/mol. The standard InChI is InChI=1S/C14H27N3O6/c15-14(23)16-9-8-10(13(21)22)17-11(18)6-4-2-1-3-5-7-12(19)20/h10,14,16,23H,1-9,15H2,(H,17,18)(H,19,20)(H,21,22)/t10-,14?/m0/s1. The van der Waals surface area contributed by atoms with Gasteiger partial charge in [-0.15, -0.1) is 0 Å². The molecule has 23 heavy (non-hydrogen) atoms. The number of aliphatic carboxylic acids is 2. The quantitative estimate of drug-likeness (QED) is 0.184. The normalized spacial score (nSPS) is 13.3. The number of carboxylic acid groups (broad SMARTS) is 2. The SMILES string of the molecule is NC(O)NCC[C@H](NC(=O)CCCCCCCC(=O)O)C(=O)O. The first-order valence-corrected chi connectivity index (χ1v) is 7.74. The second kappa shape index (κ2) is 12.8. The van der Waals surface area contributed by atoms with E-state index in [1.165, 1.54) is 0 Å². The highest BCUT2D eigenvalue weighted by molar-refractivity contribution is 5.83. The molecule has 0 spiro atoms. The smallest absolute Gasteiger partial charge is 0.326 e. The monoisotopic (exact) mass is 333 g/mol. The molecule has 9 nitrogen and oxygen atoms in total. The minimum atomic E-state index is -1.22. The molecule has 2 atom stereocenters. The van der Waals surface area contributed by atoms with Gasteiger partial charge in [-0.05, 0) is 19.3 Å². The molecule has 0 fully saturated rings. The number of hydrogen-bond acceptors (Lipinski definition) is 6. The summed E-state index contributed by atoms with van der Waals surface area (Å²) in [6, 6.07) is -1.02. The van der Waals surface area contributed by atoms with E-state index in [0.717, 1.165) is 19.3 Å². The van der Waals surface area contributed by atoms with Gasteiger partial charge < -0.3 is 20.6 Å². The fourth-order valence-corrected chi connectivity index (χ4v) is 1.99. The largest absolute Gasteiger partial charge is 0.481 e. The number of amides is 1. The number of nitrogens with one attached hydrogen (secondary N) is 2. The lowest BCUT2D eigenvalue weighted by Crippen LogP contribution is -2.45. The fourth-order valence-electron chi connectivity index (χ4n) is 1.99. The van der Waals surface area contributed by atoms with Gasteiger partial charge >= 0.3 is 11.9 Å². The number of unbranched alkanes of at least 4 members (excludes halogenated alkanes) is 4. The second-order valence-electron chi connectivity index (χ2n) is 5.31. The predicted molar refractivity (Wildman–Crippen MR) is 82.3 cm³/mol. The highest BCUT2D eigenvalue weighted by atomic mass is 16.4. The molecule has 0 aliphatic rings. The van der Waals surface area contributed by atoms with Crippen LogP contribution in [-0.4, -0.2) is 52.1 Å². The Hall–Kier alpha value is -1.71. The second-order valence-corrected chi connectivity index (χ2v) is 5.31. The maximum Gasteiger partial charge on any atom is 0.326 e. The Labute approximate surface area is 135 Å². The van der Waals surface area contributed by atoms with Crippen molar-refractivity contribution in [3.8, 4) is 0 Å². The maximum absolute atomic E-state index is 11.7. The number of carbonyl (C=O) groups excluding carboxylic acids is 1. The van der Waals surface area contributed by atoms with Gasteiger partial charge in [-0.3, -0.25) is 20.6 Å². The number of rotatable bonds is 14. The van der Waals surface area contributed by atoms with Crippen LogP contribution in [0.1, 0.15) is 51.4 Å². The molecule has 0 bridgehead atoms. The molecule has 0 heterocycles. The van der Waals surface area contributed by atoms with Gasteiger partial charge in [-0.25, -0.2) is 4.79 Å². The summed E-state index contributed by atoms with van der Waals surface area (Å²) in [6.45, 7) is 0.165. The third-order valence-corrected chi connectivity index (χ3v) is 3.21. The maximum atomic E-state index is 11.7. The van der Waals surface area contributed by atoms with Gasteiger partial charge in [-0.2, -0.15) is 0 Å². The van der Waals surface area contributed by atoms with E-state index in [4.69, 9.17) is 21.1 Å². The van der Waals surface area contributed by atoms with Gasteiger partial charge in [-0.1, -0.05) is 19.3 Å². The molecule has 0 aromatic heterocycles. The van der Waals surface area contributed by atoms with Crippen molar-refractivity contribution in [2.24, 2.45) is 5.73 Å². The molecule has 0 aromatic rings. The molecule has 9 heteroatoms. The van der Waals surface area contributed by atoms with Crippen molar-refractivity contribution in [2.45, 2.75) is 63.8 Å². The van der Waals surface area contributed by atoms with Gasteiger partial charge in [0.25, 0.3) is 0 Å². The van der Waals surface area contributed by atoms with Crippen LogP contribution in [0.4, 0.5) is 0 Å². The van der Waals surface area contributed by atoms with Crippen LogP contribution in [0.5, 0.6) is 0 Å². The summed E-state index contributed by atoms with van der Waals surface area (Å²) >= 11 is 0. The zero-order valence-electron chi connectivity index (χ0n) is 13.2. The highest BCUT2D eigenvalue weighted by Crippen LogP contribution is 2.07. The van der Waals surface area contributed by atoms with Crippen LogP contribution in [0.3, 0.4) is 0 Å². The van der Waals surface area contributed by atoms with Gasteiger partial charge in [0.15, 0.2) is 6.35 Å². The van der Waals surface area contributed by atoms with Crippen LogP contribution >= 0.6 is 0 Å². The van der Waals surface area contributed by atoms with Gasteiger partial charge in [0, 0.05) is 19.4 Å². The summed E-state index contributed by atoms with van der Waals surface area (Å²) in [7, 11) is 0. The Bertz CT molecular complexity index is 376. The molecule has 1 unspecified atom stereocenters. The lowest BCUT2D eigenvalue weighted by molar-refractivity contribution is -0.142. The number of carboxylic acids is 2. The van der Waals surface area contributed by atoms with Gasteiger partial charge in [0.05, 0.1) is 0 Å². The van der Waals surface area contributed by atoms with Crippen molar-refractivity contribution in [1.29, 1.82) is 0 Å². The van der Waals surface area contributed by atoms with E-state index < -0.39 is 24.3 Å². The molecule has 0 aliphatic heterocycles. The first-order valence-electron chi connectivity index (χ1n) is 7.74. The number of aliphatic hydroxyl groups is 1. The minimum Gasteiger partial charge on any atom is -0.481 e. The summed E-state index contributed by atoms with van der Waals surface area (Å²) in [5.74, 6) is -2.28. The lowest BCUT2D eigenvalue weighted by Gasteiger charge is -2.15. The van der Waals surface area contributed by atoms with E-state index in [2.05, 4.69) is 10.6 Å². The summed E-state index contributed by atoms with van der Waals surface area (Å²) in [5, 5.41) is 31.2. The van der Waals surface area contributed by atoms with Crippen LogP contribution in [0.2, 0.25) is 0 Å². The summed E-state index contributed by atoms with van der Waals surface area (Å²) in [5.41, 5.74) is 5.07. The Kier molecular flexibility index (Phi) is 11.8. The van der Waals surface area contributed by atoms with E-state index >= 15 is 0 Å². The molecule has 0 radical (unpaired) electrons. The van der Waals surface area contributed by atoms with E-state index in [-0.39, 0.29) is 31.7 Å². The first kappa shape index (κ1) is 21.3. The Morgan fingerprint density at radius 2 is 1.52 bits per heavy atom. The molecule has 0 rings (SSSR count). The van der Waals surface area contributed by atoms with Crippen molar-refractivity contribution >= 4 is 17.8 Å². The fraction of sp³-hybridized carbons (Fsp3) is 0.786. The average Bonchev–Trinajstić information content (AvgIpc) is 2.44. The van der Waals surface area contributed by atoms with Crippen LogP contribution in [0.25, 0.3) is 0 Å². The summed E-state index contributed by atoms with van der Waals surface area (Å²) in [4.78, 5) is 33.0. The van der Waals surface area contributed by atoms with Gasteiger partial charge in [0.2, 0.25) is 5.91 Å². The van der Waals surface area contributed by atoms with Crippen molar-refractivity contribution in [2.75, 3.05) is 6.54 Å². The molecule has 0 saturated carbocycles. The van der Waals surface area contributed by atoms with Crippen molar-refractivity contribution in [1.82, 2.24) is 10.6 Å². The van der Waals surface area contributed by atoms with Crippen molar-refractivity contribution in [3.63, 3.8) is 0 Å². The lowest BCUT2D eigenvalue weighted by atomic mass is 10.1. The average molecular weight is 333 g/mol. The summed E-state index contributed by atoms with van der Waals surface area (Å²) in [6.07, 6.45) is 2.99. The first-order chi connectivity index (χ1) is 10.8.